The smallest absolute Gasteiger partial charge is 0.360 e. The Bertz CT molecular complexity index is 584. The minimum Gasteiger partial charge on any atom is -0.360 e. The minimum atomic E-state index is -4.97. The van der Waals surface area contributed by atoms with Crippen LogP contribution in [-0.2, 0) is 9.63 Å². The van der Waals surface area contributed by atoms with E-state index in [9.17, 15) is 18.0 Å². The molecule has 1 aliphatic heterocycles. The van der Waals surface area contributed by atoms with Crippen LogP contribution in [0.4, 0.5) is 13.2 Å². The van der Waals surface area contributed by atoms with Crippen LogP contribution in [0.2, 0.25) is 5.02 Å². The summed E-state index contributed by atoms with van der Waals surface area (Å²) in [5.41, 5.74) is 2.90. The first-order valence-electron chi connectivity index (χ1n) is 6.27. The Hall–Kier alpha value is -1.53. The number of rotatable bonds is 2. The number of carbonyl (C=O) groups is 1. The number of alkyl halides is 3. The molecule has 0 bridgehead atoms. The zero-order valence-corrected chi connectivity index (χ0v) is 12.0. The van der Waals surface area contributed by atoms with Crippen molar-refractivity contribution < 1.29 is 22.8 Å². The lowest BCUT2D eigenvalue weighted by molar-refractivity contribution is -0.237. The molecule has 1 heterocycles. The summed E-state index contributed by atoms with van der Waals surface area (Å²) in [7, 11) is 0. The number of halogens is 4. The van der Waals surface area contributed by atoms with E-state index in [0.29, 0.717) is 11.4 Å². The summed E-state index contributed by atoms with van der Waals surface area (Å²) in [6, 6.07) is 5.56. The normalized spacial score (nSPS) is 16.5. The predicted molar refractivity (Wildman–Crippen MR) is 72.5 cm³/mol. The van der Waals surface area contributed by atoms with Gasteiger partial charge in [0.15, 0.2) is 0 Å². The van der Waals surface area contributed by atoms with Crippen molar-refractivity contribution in [2.45, 2.75) is 19.5 Å². The van der Waals surface area contributed by atoms with Gasteiger partial charge in [-0.25, -0.2) is 4.79 Å². The zero-order chi connectivity index (χ0) is 15.6. The van der Waals surface area contributed by atoms with E-state index in [1.54, 1.807) is 12.1 Å². The molecule has 0 unspecified atom stereocenters. The molecule has 21 heavy (non-hydrogen) atoms. The lowest BCUT2D eigenvalue weighted by Crippen LogP contribution is -2.37. The highest BCUT2D eigenvalue weighted by Gasteiger charge is 2.42. The zero-order valence-electron chi connectivity index (χ0n) is 11.2. The van der Waals surface area contributed by atoms with Crippen molar-refractivity contribution in [1.29, 1.82) is 0 Å². The van der Waals surface area contributed by atoms with Crippen molar-refractivity contribution >= 4 is 23.1 Å². The van der Waals surface area contributed by atoms with Crippen molar-refractivity contribution in [2.75, 3.05) is 13.1 Å². The first-order valence-corrected chi connectivity index (χ1v) is 6.65. The molecule has 0 saturated carbocycles. The van der Waals surface area contributed by atoms with Crippen LogP contribution in [0.15, 0.2) is 24.3 Å². The largest absolute Gasteiger partial charge is 0.492 e. The Morgan fingerprint density at radius 2 is 2.10 bits per heavy atom. The summed E-state index contributed by atoms with van der Waals surface area (Å²) in [4.78, 5) is 15.0. The average molecular weight is 320 g/mol. The molecule has 1 aromatic carbocycles. The molecule has 0 atom stereocenters. The molecule has 0 spiro atoms. The van der Waals surface area contributed by atoms with Gasteiger partial charge in [0.05, 0.1) is 6.54 Å². The monoisotopic (exact) mass is 319 g/mol. The van der Waals surface area contributed by atoms with Crippen LogP contribution in [0.25, 0.3) is 5.57 Å². The number of hydrogen-bond donors (Lipinski definition) is 0. The molecule has 0 aromatic heterocycles. The maximum absolute atomic E-state index is 12.1. The molecule has 2 rings (SSSR count). The van der Waals surface area contributed by atoms with Crippen LogP contribution in [-0.4, -0.2) is 30.3 Å². The van der Waals surface area contributed by atoms with E-state index in [1.165, 1.54) is 0 Å². The number of benzene rings is 1. The van der Waals surface area contributed by atoms with E-state index in [1.807, 2.05) is 19.1 Å². The standard InChI is InChI=1S/C14H13ClF3NO2/c1-9-8-11(2-3-12(9)15)10-4-6-19(7-5-10)21-13(20)14(16,17)18/h2-4,8H,5-7H2,1H3. The van der Waals surface area contributed by atoms with E-state index in [2.05, 4.69) is 4.84 Å². The molecule has 0 radical (unpaired) electrons. The maximum atomic E-state index is 12.1. The van der Waals surface area contributed by atoms with Gasteiger partial charge in [0.1, 0.15) is 0 Å². The van der Waals surface area contributed by atoms with Gasteiger partial charge in [-0.2, -0.15) is 13.2 Å². The number of carbonyl (C=O) groups excluding carboxylic acids is 1. The van der Waals surface area contributed by atoms with Gasteiger partial charge in [0.25, 0.3) is 0 Å². The number of aryl methyl sites for hydroxylation is 1. The molecule has 0 fully saturated rings. The summed E-state index contributed by atoms with van der Waals surface area (Å²) in [5, 5.41) is 1.66. The van der Waals surface area contributed by atoms with Crippen LogP contribution < -0.4 is 0 Å². The van der Waals surface area contributed by atoms with Gasteiger partial charge in [-0.15, -0.1) is 5.06 Å². The maximum Gasteiger partial charge on any atom is 0.492 e. The van der Waals surface area contributed by atoms with Crippen LogP contribution in [0.3, 0.4) is 0 Å². The van der Waals surface area contributed by atoms with Crippen molar-refractivity contribution in [3.05, 3.63) is 40.4 Å². The molecule has 1 aliphatic rings. The Morgan fingerprint density at radius 1 is 1.38 bits per heavy atom. The Morgan fingerprint density at radius 3 is 2.62 bits per heavy atom. The van der Waals surface area contributed by atoms with Crippen molar-refractivity contribution in [2.24, 2.45) is 0 Å². The second-order valence-electron chi connectivity index (χ2n) is 4.71. The third-order valence-corrected chi connectivity index (χ3v) is 3.57. The lowest BCUT2D eigenvalue weighted by Gasteiger charge is -2.25. The number of hydrogen-bond acceptors (Lipinski definition) is 3. The van der Waals surface area contributed by atoms with Gasteiger partial charge < -0.3 is 4.84 Å². The molecular formula is C14H13ClF3NO2. The number of hydroxylamine groups is 2. The summed E-state index contributed by atoms with van der Waals surface area (Å²) in [6.45, 7) is 2.22. The second-order valence-corrected chi connectivity index (χ2v) is 5.12. The number of nitrogens with zero attached hydrogens (tertiary/aromatic N) is 1. The molecule has 0 amide bonds. The Labute approximate surface area is 124 Å². The summed E-state index contributed by atoms with van der Waals surface area (Å²) in [5.74, 6) is -2.19. The van der Waals surface area contributed by atoms with Crippen LogP contribution in [0.5, 0.6) is 0 Å². The van der Waals surface area contributed by atoms with Gasteiger partial charge >= 0.3 is 12.1 Å². The third kappa shape index (κ3) is 3.98. The van der Waals surface area contributed by atoms with Gasteiger partial charge in [-0.05, 0) is 36.1 Å². The molecule has 0 N–H and O–H groups in total. The van der Waals surface area contributed by atoms with E-state index < -0.39 is 12.1 Å². The van der Waals surface area contributed by atoms with Gasteiger partial charge in [0, 0.05) is 11.6 Å². The fourth-order valence-corrected chi connectivity index (χ4v) is 2.13. The molecular weight excluding hydrogens is 307 g/mol. The molecule has 0 saturated heterocycles. The van der Waals surface area contributed by atoms with Gasteiger partial charge in [-0.3, -0.25) is 0 Å². The molecule has 7 heteroatoms. The van der Waals surface area contributed by atoms with Gasteiger partial charge in [-0.1, -0.05) is 29.8 Å². The van der Waals surface area contributed by atoms with E-state index in [4.69, 9.17) is 11.6 Å². The van der Waals surface area contributed by atoms with Crippen LogP contribution in [0.1, 0.15) is 17.5 Å². The molecule has 0 aliphatic carbocycles. The van der Waals surface area contributed by atoms with E-state index in [0.717, 1.165) is 21.8 Å². The highest BCUT2D eigenvalue weighted by Crippen LogP contribution is 2.26. The summed E-state index contributed by atoms with van der Waals surface area (Å²) >= 11 is 5.95. The van der Waals surface area contributed by atoms with Crippen LogP contribution >= 0.6 is 11.6 Å². The van der Waals surface area contributed by atoms with Crippen molar-refractivity contribution in [3.63, 3.8) is 0 Å². The van der Waals surface area contributed by atoms with Crippen molar-refractivity contribution in [1.82, 2.24) is 5.06 Å². The van der Waals surface area contributed by atoms with Gasteiger partial charge in [0.2, 0.25) is 0 Å². The predicted octanol–water partition coefficient (Wildman–Crippen LogP) is 3.76. The average Bonchev–Trinajstić information content (AvgIpc) is 2.42. The molecule has 114 valence electrons. The molecule has 1 aromatic rings. The topological polar surface area (TPSA) is 29.5 Å². The van der Waals surface area contributed by atoms with Crippen LogP contribution in [0, 0.1) is 6.92 Å². The first-order chi connectivity index (χ1) is 9.77. The quantitative estimate of drug-likeness (QED) is 0.831. The summed E-state index contributed by atoms with van der Waals surface area (Å²) in [6.07, 6.45) is -2.74. The highest BCUT2D eigenvalue weighted by atomic mass is 35.5. The fourth-order valence-electron chi connectivity index (χ4n) is 2.01. The highest BCUT2D eigenvalue weighted by molar-refractivity contribution is 6.31. The Balaban J connectivity index is 2.02. The molecule has 3 nitrogen and oxygen atoms in total. The fraction of sp³-hybridized carbons (Fsp3) is 0.357. The second kappa shape index (κ2) is 6.07. The van der Waals surface area contributed by atoms with E-state index >= 15 is 0 Å². The van der Waals surface area contributed by atoms with E-state index in [-0.39, 0.29) is 13.1 Å². The summed E-state index contributed by atoms with van der Waals surface area (Å²) < 4.78 is 36.3. The Kier molecular flexibility index (Phi) is 4.58. The third-order valence-electron chi connectivity index (χ3n) is 3.14. The lowest BCUT2D eigenvalue weighted by atomic mass is 9.99. The minimum absolute atomic E-state index is 0.124. The SMILES string of the molecule is Cc1cc(C2=CCN(OC(=O)C(F)(F)F)CC2)ccc1Cl. The van der Waals surface area contributed by atoms with Crippen molar-refractivity contribution in [3.8, 4) is 0 Å². The first kappa shape index (κ1) is 15.9.